The van der Waals surface area contributed by atoms with Crippen LogP contribution in [-0.2, 0) is 7.05 Å². The predicted molar refractivity (Wildman–Crippen MR) is 65.1 cm³/mol. The number of hydrogen-bond acceptors (Lipinski definition) is 3. The third-order valence-corrected chi connectivity index (χ3v) is 2.65. The van der Waals surface area contributed by atoms with Crippen molar-refractivity contribution >= 4 is 0 Å². The summed E-state index contributed by atoms with van der Waals surface area (Å²) in [6.07, 6.45) is 2.46. The van der Waals surface area contributed by atoms with Crippen LogP contribution in [0.2, 0.25) is 0 Å². The first-order valence-corrected chi connectivity index (χ1v) is 5.62. The number of aliphatic hydroxyl groups is 1. The molecular formula is C13H15FN2O2. The van der Waals surface area contributed by atoms with Crippen LogP contribution in [0.15, 0.2) is 24.5 Å². The quantitative estimate of drug-likeness (QED) is 0.911. The Morgan fingerprint density at radius 2 is 2.17 bits per heavy atom. The molecule has 1 N–H and O–H groups in total. The summed E-state index contributed by atoms with van der Waals surface area (Å²) in [5, 5.41) is 13.6. The van der Waals surface area contributed by atoms with Crippen LogP contribution in [-0.4, -0.2) is 14.9 Å². The number of halogens is 1. The van der Waals surface area contributed by atoms with E-state index in [2.05, 4.69) is 5.10 Å². The van der Waals surface area contributed by atoms with Gasteiger partial charge in [0.15, 0.2) is 5.75 Å². The zero-order chi connectivity index (χ0) is 13.3. The Kier molecular flexibility index (Phi) is 3.34. The number of ether oxygens (including phenoxy) is 1. The van der Waals surface area contributed by atoms with E-state index in [1.165, 1.54) is 6.07 Å². The predicted octanol–water partition coefficient (Wildman–Crippen LogP) is 2.71. The molecule has 1 aromatic heterocycles. The van der Waals surface area contributed by atoms with E-state index in [1.54, 1.807) is 44.0 Å². The lowest BCUT2D eigenvalue weighted by Crippen LogP contribution is -1.98. The van der Waals surface area contributed by atoms with Crippen LogP contribution >= 0.6 is 0 Å². The first-order chi connectivity index (χ1) is 8.47. The lowest BCUT2D eigenvalue weighted by molar-refractivity contribution is 0.195. The number of benzene rings is 1. The first-order valence-electron chi connectivity index (χ1n) is 5.62. The maximum absolute atomic E-state index is 13.5. The number of aliphatic hydroxyl groups excluding tert-OH is 1. The van der Waals surface area contributed by atoms with Crippen molar-refractivity contribution in [2.24, 2.45) is 7.05 Å². The van der Waals surface area contributed by atoms with Gasteiger partial charge in [-0.1, -0.05) is 0 Å². The largest absolute Gasteiger partial charge is 0.454 e. The smallest absolute Gasteiger partial charge is 0.165 e. The fourth-order valence-corrected chi connectivity index (χ4v) is 1.66. The fourth-order valence-electron chi connectivity index (χ4n) is 1.66. The summed E-state index contributed by atoms with van der Waals surface area (Å²) in [4.78, 5) is 0. The van der Waals surface area contributed by atoms with Crippen LogP contribution in [0.25, 0.3) is 0 Å². The van der Waals surface area contributed by atoms with Gasteiger partial charge in [-0.15, -0.1) is 0 Å². The summed E-state index contributed by atoms with van der Waals surface area (Å²) >= 11 is 0. The molecule has 1 unspecified atom stereocenters. The number of hydrogen-bond donors (Lipinski definition) is 1. The van der Waals surface area contributed by atoms with Crippen molar-refractivity contribution in [3.8, 4) is 11.5 Å². The molecule has 5 heteroatoms. The molecule has 2 aromatic rings. The van der Waals surface area contributed by atoms with Crippen molar-refractivity contribution in [3.63, 3.8) is 0 Å². The summed E-state index contributed by atoms with van der Waals surface area (Å²) in [5.74, 6) is 0.631. The summed E-state index contributed by atoms with van der Waals surface area (Å²) in [6, 6.07) is 2.87. The number of aromatic nitrogens is 2. The van der Waals surface area contributed by atoms with E-state index in [0.717, 1.165) is 0 Å². The van der Waals surface area contributed by atoms with Crippen molar-refractivity contribution in [1.29, 1.82) is 0 Å². The molecular weight excluding hydrogens is 235 g/mol. The Morgan fingerprint density at radius 1 is 1.44 bits per heavy atom. The second kappa shape index (κ2) is 4.78. The maximum atomic E-state index is 13.5. The molecule has 0 saturated heterocycles. The maximum Gasteiger partial charge on any atom is 0.165 e. The van der Waals surface area contributed by atoms with Crippen molar-refractivity contribution in [1.82, 2.24) is 9.78 Å². The zero-order valence-electron chi connectivity index (χ0n) is 10.5. The molecule has 0 radical (unpaired) electrons. The minimum atomic E-state index is -0.799. The highest BCUT2D eigenvalue weighted by Crippen LogP contribution is 2.31. The van der Waals surface area contributed by atoms with E-state index in [1.807, 2.05) is 0 Å². The Hall–Kier alpha value is -1.88. The van der Waals surface area contributed by atoms with Gasteiger partial charge in [0, 0.05) is 12.6 Å². The number of rotatable bonds is 3. The molecule has 0 aliphatic rings. The van der Waals surface area contributed by atoms with Crippen molar-refractivity contribution in [2.75, 3.05) is 0 Å². The molecule has 0 spiro atoms. The van der Waals surface area contributed by atoms with Crippen LogP contribution in [0.3, 0.4) is 0 Å². The number of nitrogens with zero attached hydrogens (tertiary/aromatic N) is 2. The zero-order valence-corrected chi connectivity index (χ0v) is 10.5. The molecule has 0 aliphatic heterocycles. The second-order valence-electron chi connectivity index (χ2n) is 4.27. The molecule has 0 bridgehead atoms. The van der Waals surface area contributed by atoms with Crippen LogP contribution in [0.1, 0.15) is 24.2 Å². The monoisotopic (exact) mass is 250 g/mol. The molecule has 0 fully saturated rings. The third kappa shape index (κ3) is 2.51. The van der Waals surface area contributed by atoms with Gasteiger partial charge >= 0.3 is 0 Å². The Bertz CT molecular complexity index is 564. The van der Waals surface area contributed by atoms with Crippen LogP contribution in [0.5, 0.6) is 11.5 Å². The average molecular weight is 250 g/mol. The highest BCUT2D eigenvalue weighted by Gasteiger charge is 2.14. The van der Waals surface area contributed by atoms with E-state index in [-0.39, 0.29) is 5.82 Å². The van der Waals surface area contributed by atoms with Crippen LogP contribution in [0.4, 0.5) is 4.39 Å². The lowest BCUT2D eigenvalue weighted by atomic mass is 10.1. The average Bonchev–Trinajstić information content (AvgIpc) is 2.68. The fraction of sp³-hybridized carbons (Fsp3) is 0.308. The van der Waals surface area contributed by atoms with Crippen molar-refractivity contribution < 1.29 is 14.2 Å². The normalized spacial score (nSPS) is 12.5. The van der Waals surface area contributed by atoms with Gasteiger partial charge in [0.1, 0.15) is 11.6 Å². The molecule has 1 heterocycles. The van der Waals surface area contributed by atoms with Crippen molar-refractivity contribution in [3.05, 3.63) is 41.5 Å². The van der Waals surface area contributed by atoms with Gasteiger partial charge in [-0.3, -0.25) is 4.68 Å². The van der Waals surface area contributed by atoms with Gasteiger partial charge in [-0.25, -0.2) is 4.39 Å². The molecule has 0 saturated carbocycles. The lowest BCUT2D eigenvalue weighted by Gasteiger charge is -2.13. The molecule has 1 atom stereocenters. The third-order valence-electron chi connectivity index (χ3n) is 2.65. The topological polar surface area (TPSA) is 47.3 Å². The van der Waals surface area contributed by atoms with E-state index in [0.29, 0.717) is 22.6 Å². The van der Waals surface area contributed by atoms with Gasteiger partial charge in [-0.2, -0.15) is 5.10 Å². The molecule has 1 aromatic carbocycles. The SMILES string of the molecule is Cc1cc(Oc2cnn(C)c2)c(C(C)O)cc1F. The summed E-state index contributed by atoms with van der Waals surface area (Å²) < 4.78 is 20.7. The van der Waals surface area contributed by atoms with Crippen LogP contribution in [0, 0.1) is 12.7 Å². The van der Waals surface area contributed by atoms with Gasteiger partial charge in [0.25, 0.3) is 0 Å². The Labute approximate surface area is 105 Å². The second-order valence-corrected chi connectivity index (χ2v) is 4.27. The highest BCUT2D eigenvalue weighted by molar-refractivity contribution is 5.41. The van der Waals surface area contributed by atoms with Crippen molar-refractivity contribution in [2.45, 2.75) is 20.0 Å². The van der Waals surface area contributed by atoms with E-state index < -0.39 is 6.10 Å². The summed E-state index contributed by atoms with van der Waals surface area (Å²) in [5.41, 5.74) is 0.889. The van der Waals surface area contributed by atoms with Gasteiger partial charge in [0.2, 0.25) is 0 Å². The van der Waals surface area contributed by atoms with E-state index >= 15 is 0 Å². The van der Waals surface area contributed by atoms with Crippen LogP contribution < -0.4 is 4.74 Å². The van der Waals surface area contributed by atoms with E-state index in [9.17, 15) is 9.50 Å². The molecule has 18 heavy (non-hydrogen) atoms. The number of aryl methyl sites for hydroxylation is 2. The molecule has 96 valence electrons. The van der Waals surface area contributed by atoms with E-state index in [4.69, 9.17) is 4.74 Å². The summed E-state index contributed by atoms with van der Waals surface area (Å²) in [6.45, 7) is 3.22. The first kappa shape index (κ1) is 12.6. The van der Waals surface area contributed by atoms with Gasteiger partial charge in [-0.05, 0) is 31.5 Å². The standard InChI is InChI=1S/C13H15FN2O2/c1-8-4-13(11(9(2)17)5-12(8)14)18-10-6-15-16(3)7-10/h4-7,9,17H,1-3H3. The Morgan fingerprint density at radius 3 is 2.72 bits per heavy atom. The highest BCUT2D eigenvalue weighted by atomic mass is 19.1. The van der Waals surface area contributed by atoms with Gasteiger partial charge in [0.05, 0.1) is 18.5 Å². The minimum Gasteiger partial charge on any atom is -0.454 e. The van der Waals surface area contributed by atoms with Gasteiger partial charge < -0.3 is 9.84 Å². The molecule has 0 amide bonds. The minimum absolute atomic E-state index is 0.357. The molecule has 4 nitrogen and oxygen atoms in total. The Balaban J connectivity index is 2.39. The summed E-state index contributed by atoms with van der Waals surface area (Å²) in [7, 11) is 1.78. The molecule has 0 aliphatic carbocycles. The molecule has 2 rings (SSSR count).